The summed E-state index contributed by atoms with van der Waals surface area (Å²) in [6, 6.07) is 19.5. The standard InChI is InChI=1S/C23H22N2O3/c1-15-10-11-20(12-16(15)2)25-23(27)18-7-4-6-17(13-18)22(26)24-19-8-5-9-21(14-19)28-3/h4-14H,1-3H3,(H,24,26)(H,25,27). The molecule has 3 rings (SSSR count). The first-order valence-electron chi connectivity index (χ1n) is 8.90. The first-order chi connectivity index (χ1) is 13.5. The predicted octanol–water partition coefficient (Wildman–Crippen LogP) is 4.82. The zero-order valence-electron chi connectivity index (χ0n) is 16.1. The number of methoxy groups -OCH3 is 1. The van der Waals surface area contributed by atoms with E-state index in [2.05, 4.69) is 10.6 Å². The second-order valence-electron chi connectivity index (χ2n) is 6.52. The molecule has 0 radical (unpaired) electrons. The lowest BCUT2D eigenvalue weighted by molar-refractivity contribution is 0.102. The third kappa shape index (κ3) is 4.57. The Kier molecular flexibility index (Phi) is 5.75. The highest BCUT2D eigenvalue weighted by Crippen LogP contribution is 2.19. The largest absolute Gasteiger partial charge is 0.497 e. The van der Waals surface area contributed by atoms with Crippen molar-refractivity contribution >= 4 is 23.2 Å². The fourth-order valence-electron chi connectivity index (χ4n) is 2.73. The van der Waals surface area contributed by atoms with Gasteiger partial charge in [-0.25, -0.2) is 0 Å². The summed E-state index contributed by atoms with van der Waals surface area (Å²) in [5.41, 5.74) is 4.42. The maximum Gasteiger partial charge on any atom is 0.255 e. The van der Waals surface area contributed by atoms with Crippen molar-refractivity contribution in [3.8, 4) is 5.75 Å². The van der Waals surface area contributed by atoms with E-state index in [4.69, 9.17) is 4.74 Å². The van der Waals surface area contributed by atoms with Crippen LogP contribution >= 0.6 is 0 Å². The van der Waals surface area contributed by atoms with E-state index in [9.17, 15) is 9.59 Å². The van der Waals surface area contributed by atoms with Crippen LogP contribution in [-0.4, -0.2) is 18.9 Å². The number of carbonyl (C=O) groups excluding carboxylic acids is 2. The zero-order chi connectivity index (χ0) is 20.1. The number of amides is 2. The highest BCUT2D eigenvalue weighted by Gasteiger charge is 2.12. The average molecular weight is 374 g/mol. The van der Waals surface area contributed by atoms with Crippen LogP contribution in [0.5, 0.6) is 5.75 Å². The molecule has 0 aliphatic carbocycles. The fraction of sp³-hybridized carbons (Fsp3) is 0.130. The van der Waals surface area contributed by atoms with Crippen LogP contribution in [0.3, 0.4) is 0 Å². The first kappa shape index (κ1) is 19.2. The van der Waals surface area contributed by atoms with Crippen LogP contribution in [0.1, 0.15) is 31.8 Å². The van der Waals surface area contributed by atoms with Gasteiger partial charge in [0, 0.05) is 28.6 Å². The van der Waals surface area contributed by atoms with Gasteiger partial charge in [0.15, 0.2) is 0 Å². The number of carbonyl (C=O) groups is 2. The number of rotatable bonds is 5. The first-order valence-corrected chi connectivity index (χ1v) is 8.90. The second kappa shape index (κ2) is 8.39. The van der Waals surface area contributed by atoms with Crippen molar-refractivity contribution in [2.24, 2.45) is 0 Å². The molecule has 0 atom stereocenters. The van der Waals surface area contributed by atoms with Crippen molar-refractivity contribution in [3.63, 3.8) is 0 Å². The molecule has 3 aromatic rings. The molecule has 0 aliphatic rings. The maximum atomic E-state index is 12.6. The summed E-state index contributed by atoms with van der Waals surface area (Å²) in [5, 5.41) is 5.68. The van der Waals surface area contributed by atoms with Crippen LogP contribution in [0.25, 0.3) is 0 Å². The summed E-state index contributed by atoms with van der Waals surface area (Å²) in [6.07, 6.45) is 0. The molecule has 5 nitrogen and oxygen atoms in total. The van der Waals surface area contributed by atoms with Crippen molar-refractivity contribution < 1.29 is 14.3 Å². The van der Waals surface area contributed by atoms with Crippen molar-refractivity contribution in [2.45, 2.75) is 13.8 Å². The monoisotopic (exact) mass is 374 g/mol. The number of ether oxygens (including phenoxy) is 1. The Morgan fingerprint density at radius 3 is 1.93 bits per heavy atom. The molecular weight excluding hydrogens is 352 g/mol. The zero-order valence-corrected chi connectivity index (χ0v) is 16.1. The van der Waals surface area contributed by atoms with Crippen LogP contribution in [0.4, 0.5) is 11.4 Å². The molecule has 5 heteroatoms. The van der Waals surface area contributed by atoms with E-state index >= 15 is 0 Å². The van der Waals surface area contributed by atoms with Gasteiger partial charge in [-0.05, 0) is 67.4 Å². The van der Waals surface area contributed by atoms with Crippen LogP contribution in [0.2, 0.25) is 0 Å². The second-order valence-corrected chi connectivity index (χ2v) is 6.52. The minimum Gasteiger partial charge on any atom is -0.497 e. The van der Waals surface area contributed by atoms with E-state index in [1.807, 2.05) is 32.0 Å². The minimum atomic E-state index is -0.297. The van der Waals surface area contributed by atoms with E-state index in [0.29, 0.717) is 22.6 Å². The summed E-state index contributed by atoms with van der Waals surface area (Å²) in [5.74, 6) is 0.0905. The minimum absolute atomic E-state index is 0.265. The predicted molar refractivity (Wildman–Crippen MR) is 111 cm³/mol. The summed E-state index contributed by atoms with van der Waals surface area (Å²) < 4.78 is 5.16. The van der Waals surface area contributed by atoms with Gasteiger partial charge >= 0.3 is 0 Å². The van der Waals surface area contributed by atoms with E-state index < -0.39 is 0 Å². The van der Waals surface area contributed by atoms with Crippen molar-refractivity contribution in [1.82, 2.24) is 0 Å². The van der Waals surface area contributed by atoms with Crippen LogP contribution in [0, 0.1) is 13.8 Å². The van der Waals surface area contributed by atoms with Gasteiger partial charge in [0.05, 0.1) is 7.11 Å². The highest BCUT2D eigenvalue weighted by molar-refractivity contribution is 6.08. The number of aryl methyl sites for hydroxylation is 2. The third-order valence-corrected chi connectivity index (χ3v) is 4.48. The Hall–Kier alpha value is -3.60. The molecule has 3 aromatic carbocycles. The molecule has 2 amide bonds. The Morgan fingerprint density at radius 1 is 0.714 bits per heavy atom. The molecular formula is C23H22N2O3. The van der Waals surface area contributed by atoms with Gasteiger partial charge in [0.25, 0.3) is 11.8 Å². The Balaban J connectivity index is 1.74. The van der Waals surface area contributed by atoms with Gasteiger partial charge in [-0.3, -0.25) is 9.59 Å². The van der Waals surface area contributed by atoms with Crippen molar-refractivity contribution in [3.05, 3.63) is 89.0 Å². The SMILES string of the molecule is COc1cccc(NC(=O)c2cccc(C(=O)Nc3ccc(C)c(C)c3)c2)c1. The fourth-order valence-corrected chi connectivity index (χ4v) is 2.73. The van der Waals surface area contributed by atoms with E-state index in [1.165, 1.54) is 0 Å². The molecule has 0 bridgehead atoms. The van der Waals surface area contributed by atoms with E-state index in [1.54, 1.807) is 55.6 Å². The van der Waals surface area contributed by atoms with Gasteiger partial charge in [-0.2, -0.15) is 0 Å². The normalized spacial score (nSPS) is 10.2. The van der Waals surface area contributed by atoms with Crippen LogP contribution in [-0.2, 0) is 0 Å². The molecule has 0 saturated heterocycles. The highest BCUT2D eigenvalue weighted by atomic mass is 16.5. The van der Waals surface area contributed by atoms with E-state index in [-0.39, 0.29) is 11.8 Å². The lowest BCUT2D eigenvalue weighted by Gasteiger charge is -2.10. The summed E-state index contributed by atoms with van der Waals surface area (Å²) in [6.45, 7) is 4.01. The molecule has 0 unspecified atom stereocenters. The van der Waals surface area contributed by atoms with Gasteiger partial charge in [-0.15, -0.1) is 0 Å². The molecule has 28 heavy (non-hydrogen) atoms. The molecule has 0 heterocycles. The van der Waals surface area contributed by atoms with Gasteiger partial charge in [0.1, 0.15) is 5.75 Å². The summed E-state index contributed by atoms with van der Waals surface area (Å²) >= 11 is 0. The molecule has 2 N–H and O–H groups in total. The van der Waals surface area contributed by atoms with Crippen LogP contribution in [0.15, 0.2) is 66.7 Å². The Morgan fingerprint density at radius 2 is 1.32 bits per heavy atom. The smallest absolute Gasteiger partial charge is 0.255 e. The Bertz CT molecular complexity index is 1030. The number of anilines is 2. The van der Waals surface area contributed by atoms with Crippen LogP contribution < -0.4 is 15.4 Å². The quantitative estimate of drug-likeness (QED) is 0.673. The van der Waals surface area contributed by atoms with E-state index in [0.717, 1.165) is 16.8 Å². The molecule has 0 fully saturated rings. The third-order valence-electron chi connectivity index (χ3n) is 4.48. The maximum absolute atomic E-state index is 12.6. The molecule has 0 spiro atoms. The van der Waals surface area contributed by atoms with Crippen molar-refractivity contribution in [1.29, 1.82) is 0 Å². The molecule has 0 aromatic heterocycles. The lowest BCUT2D eigenvalue weighted by atomic mass is 10.1. The number of hydrogen-bond acceptors (Lipinski definition) is 3. The summed E-state index contributed by atoms with van der Waals surface area (Å²) in [4.78, 5) is 25.1. The number of hydrogen-bond donors (Lipinski definition) is 2. The molecule has 142 valence electrons. The van der Waals surface area contributed by atoms with Gasteiger partial charge < -0.3 is 15.4 Å². The van der Waals surface area contributed by atoms with Gasteiger partial charge in [0.2, 0.25) is 0 Å². The lowest BCUT2D eigenvalue weighted by Crippen LogP contribution is -2.15. The molecule has 0 saturated carbocycles. The topological polar surface area (TPSA) is 67.4 Å². The Labute approximate surface area is 164 Å². The van der Waals surface area contributed by atoms with Gasteiger partial charge in [-0.1, -0.05) is 18.2 Å². The molecule has 0 aliphatic heterocycles. The van der Waals surface area contributed by atoms with Crippen molar-refractivity contribution in [2.75, 3.05) is 17.7 Å². The average Bonchev–Trinajstić information content (AvgIpc) is 2.71. The number of nitrogens with one attached hydrogen (secondary N) is 2. The summed E-state index contributed by atoms with van der Waals surface area (Å²) in [7, 11) is 1.57. The number of benzene rings is 3.